The highest BCUT2D eigenvalue weighted by Gasteiger charge is 2.22. The van der Waals surface area contributed by atoms with Gasteiger partial charge in [0, 0.05) is 5.56 Å². The number of hydrogen-bond donors (Lipinski definition) is 4. The summed E-state index contributed by atoms with van der Waals surface area (Å²) in [6.07, 6.45) is 1.13. The second-order valence-corrected chi connectivity index (χ2v) is 4.47. The van der Waals surface area contributed by atoms with Crippen molar-refractivity contribution in [2.45, 2.75) is 6.92 Å². The van der Waals surface area contributed by atoms with Gasteiger partial charge in [0.25, 0.3) is 0 Å². The maximum Gasteiger partial charge on any atom is 0.238 e. The maximum atomic E-state index is 12.1. The van der Waals surface area contributed by atoms with Crippen molar-refractivity contribution >= 4 is 11.9 Å². The zero-order valence-electron chi connectivity index (χ0n) is 11.5. The number of Topliss-reactive ketones (excluding diaryl/α,β-unsaturated/α-hetero) is 1. The molecule has 0 atom stereocenters. The summed E-state index contributed by atoms with van der Waals surface area (Å²) >= 11 is 0. The van der Waals surface area contributed by atoms with Gasteiger partial charge in [0.2, 0.25) is 11.2 Å². The summed E-state index contributed by atoms with van der Waals surface area (Å²) in [4.78, 5) is 23.5. The monoisotopic (exact) mass is 304 g/mol. The fourth-order valence-corrected chi connectivity index (χ4v) is 1.95. The minimum Gasteiger partial charge on any atom is -0.504 e. The lowest BCUT2D eigenvalue weighted by Crippen LogP contribution is -2.15. The topological polar surface area (TPSA) is 128 Å². The van der Waals surface area contributed by atoms with Crippen LogP contribution in [0, 0.1) is 0 Å². The molecule has 0 fully saturated rings. The van der Waals surface area contributed by atoms with Gasteiger partial charge in [0.15, 0.2) is 28.8 Å². The Labute approximate surface area is 124 Å². The number of benzene rings is 1. The van der Waals surface area contributed by atoms with Crippen LogP contribution in [0.4, 0.5) is 0 Å². The van der Waals surface area contributed by atoms with Crippen LogP contribution in [0.2, 0.25) is 0 Å². The Morgan fingerprint density at radius 2 is 1.68 bits per heavy atom. The summed E-state index contributed by atoms with van der Waals surface area (Å²) in [5, 5.41) is 38.2. The lowest BCUT2D eigenvalue weighted by atomic mass is 10.1. The summed E-state index contributed by atoms with van der Waals surface area (Å²) in [6, 6.07) is 1.96. The van der Waals surface area contributed by atoms with E-state index in [2.05, 4.69) is 6.58 Å². The van der Waals surface area contributed by atoms with Gasteiger partial charge in [-0.05, 0) is 25.1 Å². The first-order valence-corrected chi connectivity index (χ1v) is 6.06. The number of phenolic OH excluding ortho intramolecular Hbond substituents is 3. The predicted octanol–water partition coefficient (Wildman–Crippen LogP) is 1.97. The number of carbonyl (C=O) groups excluding carboxylic acids is 1. The number of phenols is 3. The normalized spacial score (nSPS) is 10.4. The van der Waals surface area contributed by atoms with E-state index >= 15 is 0 Å². The Bertz CT molecular complexity index is 823. The predicted molar refractivity (Wildman–Crippen MR) is 77.2 cm³/mol. The van der Waals surface area contributed by atoms with Crippen LogP contribution in [-0.4, -0.2) is 26.2 Å². The molecular formula is C15H12O7. The molecular weight excluding hydrogens is 292 g/mol. The van der Waals surface area contributed by atoms with Crippen molar-refractivity contribution in [3.63, 3.8) is 0 Å². The molecule has 0 aliphatic rings. The number of carbonyl (C=O) groups is 1. The highest BCUT2D eigenvalue weighted by Crippen LogP contribution is 2.40. The second-order valence-electron chi connectivity index (χ2n) is 4.47. The van der Waals surface area contributed by atoms with E-state index < -0.39 is 34.2 Å². The van der Waals surface area contributed by atoms with Crippen molar-refractivity contribution in [3.05, 3.63) is 40.3 Å². The second kappa shape index (κ2) is 5.28. The van der Waals surface area contributed by atoms with Gasteiger partial charge in [-0.15, -0.1) is 0 Å². The Morgan fingerprint density at radius 3 is 2.14 bits per heavy atom. The van der Waals surface area contributed by atoms with Gasteiger partial charge < -0.3 is 24.8 Å². The quantitative estimate of drug-likeness (QED) is 0.504. The van der Waals surface area contributed by atoms with Crippen molar-refractivity contribution in [2.24, 2.45) is 0 Å². The molecule has 0 bridgehead atoms. The van der Waals surface area contributed by atoms with Crippen LogP contribution < -0.4 is 5.43 Å². The first-order chi connectivity index (χ1) is 10.3. The standard InChI is InChI=1S/C15H12O7/c1-3-10-11(6(2)16)13(20)14(21)15(22-10)7-4-8(17)12(19)9(18)5-7/h3-5,17-19,21H,1H2,2H3. The Morgan fingerprint density at radius 1 is 1.14 bits per heavy atom. The van der Waals surface area contributed by atoms with Crippen LogP contribution in [0.3, 0.4) is 0 Å². The van der Waals surface area contributed by atoms with E-state index in [-0.39, 0.29) is 22.6 Å². The molecule has 2 rings (SSSR count). The molecule has 1 heterocycles. The van der Waals surface area contributed by atoms with Crippen LogP contribution in [0.15, 0.2) is 27.9 Å². The Hall–Kier alpha value is -3.22. The van der Waals surface area contributed by atoms with E-state index in [4.69, 9.17) is 4.42 Å². The summed E-state index contributed by atoms with van der Waals surface area (Å²) in [5.41, 5.74) is -1.39. The van der Waals surface area contributed by atoms with Gasteiger partial charge in [-0.25, -0.2) is 0 Å². The molecule has 2 aromatic rings. The summed E-state index contributed by atoms with van der Waals surface area (Å²) in [6.45, 7) is 4.56. The third-order valence-corrected chi connectivity index (χ3v) is 2.98. The molecule has 7 heteroatoms. The van der Waals surface area contributed by atoms with Crippen LogP contribution in [0.1, 0.15) is 23.0 Å². The molecule has 0 spiro atoms. The van der Waals surface area contributed by atoms with Crippen LogP contribution >= 0.6 is 0 Å². The average molecular weight is 304 g/mol. The molecule has 1 aromatic carbocycles. The molecule has 1 aromatic heterocycles. The molecule has 0 unspecified atom stereocenters. The number of rotatable bonds is 3. The van der Waals surface area contributed by atoms with Crippen LogP contribution in [-0.2, 0) is 0 Å². The summed E-state index contributed by atoms with van der Waals surface area (Å²) < 4.78 is 5.27. The number of hydrogen-bond acceptors (Lipinski definition) is 7. The average Bonchev–Trinajstić information content (AvgIpc) is 2.46. The van der Waals surface area contributed by atoms with E-state index in [9.17, 15) is 30.0 Å². The van der Waals surface area contributed by atoms with Gasteiger partial charge >= 0.3 is 0 Å². The minimum absolute atomic E-state index is 0.0689. The number of ketones is 1. The van der Waals surface area contributed by atoms with Gasteiger partial charge in [0.1, 0.15) is 11.3 Å². The van der Waals surface area contributed by atoms with E-state index in [0.717, 1.165) is 25.1 Å². The van der Waals surface area contributed by atoms with Crippen molar-refractivity contribution in [2.75, 3.05) is 0 Å². The fourth-order valence-electron chi connectivity index (χ4n) is 1.95. The van der Waals surface area contributed by atoms with Crippen LogP contribution in [0.5, 0.6) is 23.0 Å². The van der Waals surface area contributed by atoms with Crippen molar-refractivity contribution in [1.82, 2.24) is 0 Å². The molecule has 0 aliphatic heterocycles. The maximum absolute atomic E-state index is 12.1. The zero-order chi connectivity index (χ0) is 16.6. The van der Waals surface area contributed by atoms with Crippen molar-refractivity contribution in [3.8, 4) is 34.3 Å². The molecule has 0 saturated heterocycles. The van der Waals surface area contributed by atoms with Gasteiger partial charge in [-0.1, -0.05) is 6.58 Å². The molecule has 0 aliphatic carbocycles. The summed E-state index contributed by atoms with van der Waals surface area (Å²) in [5.74, 6) is -4.11. The lowest BCUT2D eigenvalue weighted by molar-refractivity contribution is 0.101. The minimum atomic E-state index is -0.962. The zero-order valence-corrected chi connectivity index (χ0v) is 11.5. The van der Waals surface area contributed by atoms with E-state index in [1.165, 1.54) is 0 Å². The molecule has 114 valence electrons. The molecule has 0 radical (unpaired) electrons. The van der Waals surface area contributed by atoms with E-state index in [0.29, 0.717) is 0 Å². The molecule has 22 heavy (non-hydrogen) atoms. The Balaban J connectivity index is 2.83. The van der Waals surface area contributed by atoms with E-state index in [1.807, 2.05) is 0 Å². The van der Waals surface area contributed by atoms with Gasteiger partial charge in [0.05, 0.1) is 0 Å². The molecule has 4 N–H and O–H groups in total. The SMILES string of the molecule is C=Cc1oc(-c2cc(O)c(O)c(O)c2)c(O)c(=O)c1C(C)=O. The van der Waals surface area contributed by atoms with Gasteiger partial charge in [-0.3, -0.25) is 9.59 Å². The molecule has 7 nitrogen and oxygen atoms in total. The molecule has 0 saturated carbocycles. The fraction of sp³-hybridized carbons (Fsp3) is 0.0667. The first-order valence-electron chi connectivity index (χ1n) is 6.06. The third kappa shape index (κ3) is 2.28. The van der Waals surface area contributed by atoms with Crippen molar-refractivity contribution < 1.29 is 29.6 Å². The smallest absolute Gasteiger partial charge is 0.238 e. The lowest BCUT2D eigenvalue weighted by Gasteiger charge is -2.09. The van der Waals surface area contributed by atoms with Gasteiger partial charge in [-0.2, -0.15) is 0 Å². The molecule has 0 amide bonds. The largest absolute Gasteiger partial charge is 0.504 e. The highest BCUT2D eigenvalue weighted by atomic mass is 16.4. The summed E-state index contributed by atoms with van der Waals surface area (Å²) in [7, 11) is 0. The highest BCUT2D eigenvalue weighted by molar-refractivity contribution is 5.97. The first kappa shape index (κ1) is 15.2. The van der Waals surface area contributed by atoms with Crippen molar-refractivity contribution in [1.29, 1.82) is 0 Å². The van der Waals surface area contributed by atoms with E-state index in [1.54, 1.807) is 0 Å². The van der Waals surface area contributed by atoms with Crippen LogP contribution in [0.25, 0.3) is 17.4 Å². The third-order valence-electron chi connectivity index (χ3n) is 2.98. The number of aromatic hydroxyl groups is 4. The Kier molecular flexibility index (Phi) is 3.64.